The number of halogens is 2. The number of hydrogen-bond acceptors (Lipinski definition) is 2. The first kappa shape index (κ1) is 12.8. The van der Waals surface area contributed by atoms with Crippen LogP contribution in [0.25, 0.3) is 10.9 Å². The number of carbonyl (C=O) groups is 1. The summed E-state index contributed by atoms with van der Waals surface area (Å²) >= 11 is 0. The second-order valence-electron chi connectivity index (χ2n) is 4.96. The van der Waals surface area contributed by atoms with E-state index in [1.54, 1.807) is 0 Å². The van der Waals surface area contributed by atoms with Gasteiger partial charge in [0.05, 0.1) is 17.3 Å². The topological polar surface area (TPSA) is 59.3 Å². The average molecular weight is 279 g/mol. The van der Waals surface area contributed by atoms with Gasteiger partial charge >= 0.3 is 5.97 Å². The number of hydrogen-bond donors (Lipinski definition) is 1. The van der Waals surface area contributed by atoms with Gasteiger partial charge in [-0.2, -0.15) is 0 Å². The van der Waals surface area contributed by atoms with Crippen LogP contribution in [0.1, 0.15) is 24.6 Å². The molecule has 1 aliphatic rings. The van der Waals surface area contributed by atoms with Crippen LogP contribution in [0.5, 0.6) is 0 Å². The van der Waals surface area contributed by atoms with Crippen LogP contribution in [0.15, 0.2) is 23.0 Å². The number of pyridine rings is 1. The Morgan fingerprint density at radius 1 is 1.30 bits per heavy atom. The van der Waals surface area contributed by atoms with Gasteiger partial charge in [-0.3, -0.25) is 9.59 Å². The first-order chi connectivity index (χ1) is 9.47. The predicted octanol–water partition coefficient (Wildman–Crippen LogP) is 2.24. The molecule has 4 nitrogen and oxygen atoms in total. The van der Waals surface area contributed by atoms with E-state index in [0.29, 0.717) is 6.07 Å². The maximum absolute atomic E-state index is 14.0. The van der Waals surface area contributed by atoms with E-state index in [2.05, 4.69) is 0 Å². The van der Waals surface area contributed by atoms with Gasteiger partial charge < -0.3 is 9.67 Å². The van der Waals surface area contributed by atoms with E-state index in [1.165, 1.54) is 4.57 Å². The molecule has 1 saturated carbocycles. The summed E-state index contributed by atoms with van der Waals surface area (Å²) in [5.41, 5.74) is -0.313. The van der Waals surface area contributed by atoms with Crippen molar-refractivity contribution in [3.05, 3.63) is 45.8 Å². The summed E-state index contributed by atoms with van der Waals surface area (Å²) in [6.07, 6.45) is 1.22. The molecule has 0 radical (unpaired) electrons. The molecule has 0 bridgehead atoms. The zero-order valence-electron chi connectivity index (χ0n) is 10.4. The third-order valence-electron chi connectivity index (χ3n) is 3.39. The van der Waals surface area contributed by atoms with Crippen LogP contribution in [-0.4, -0.2) is 15.6 Å². The fourth-order valence-corrected chi connectivity index (χ4v) is 2.48. The molecule has 3 rings (SSSR count). The molecule has 0 saturated heterocycles. The first-order valence-electron chi connectivity index (χ1n) is 6.22. The van der Waals surface area contributed by atoms with Gasteiger partial charge in [0.25, 0.3) is 0 Å². The molecular formula is C14H11F2NO3. The number of fused-ring (bicyclic) bond motifs is 1. The second-order valence-corrected chi connectivity index (χ2v) is 4.96. The fourth-order valence-electron chi connectivity index (χ4n) is 2.48. The molecular weight excluding hydrogens is 268 g/mol. The first-order valence-corrected chi connectivity index (χ1v) is 6.22. The fraction of sp³-hybridized carbons (Fsp3) is 0.286. The van der Waals surface area contributed by atoms with Gasteiger partial charge in [-0.1, -0.05) is 0 Å². The van der Waals surface area contributed by atoms with Crippen LogP contribution in [0.2, 0.25) is 0 Å². The molecule has 104 valence electrons. The molecule has 1 heterocycles. The van der Waals surface area contributed by atoms with E-state index in [1.807, 2.05) is 0 Å². The quantitative estimate of drug-likeness (QED) is 0.937. The lowest BCUT2D eigenvalue weighted by atomic mass is 10.1. The van der Waals surface area contributed by atoms with Crippen molar-refractivity contribution in [2.45, 2.75) is 25.3 Å². The molecule has 20 heavy (non-hydrogen) atoms. The second kappa shape index (κ2) is 4.40. The van der Waals surface area contributed by atoms with Crippen molar-refractivity contribution in [3.63, 3.8) is 0 Å². The van der Waals surface area contributed by atoms with E-state index in [0.717, 1.165) is 25.0 Å². The number of aliphatic carboxylic acids is 1. The van der Waals surface area contributed by atoms with Crippen LogP contribution in [-0.2, 0) is 11.2 Å². The smallest absolute Gasteiger partial charge is 0.309 e. The number of rotatable bonds is 3. The van der Waals surface area contributed by atoms with Crippen molar-refractivity contribution in [2.75, 3.05) is 0 Å². The lowest BCUT2D eigenvalue weighted by molar-refractivity contribution is -0.136. The van der Waals surface area contributed by atoms with Crippen molar-refractivity contribution < 1.29 is 18.7 Å². The van der Waals surface area contributed by atoms with Gasteiger partial charge in [0, 0.05) is 23.9 Å². The summed E-state index contributed by atoms with van der Waals surface area (Å²) < 4.78 is 28.8. The van der Waals surface area contributed by atoms with Crippen LogP contribution in [0.3, 0.4) is 0 Å². The third-order valence-corrected chi connectivity index (χ3v) is 3.39. The number of benzene rings is 1. The minimum Gasteiger partial charge on any atom is -0.481 e. The molecule has 1 aliphatic carbocycles. The Morgan fingerprint density at radius 3 is 2.60 bits per heavy atom. The molecule has 0 aliphatic heterocycles. The highest BCUT2D eigenvalue weighted by Gasteiger charge is 2.29. The van der Waals surface area contributed by atoms with E-state index < -0.39 is 23.0 Å². The van der Waals surface area contributed by atoms with E-state index in [9.17, 15) is 18.4 Å². The highest BCUT2D eigenvalue weighted by Crippen LogP contribution is 2.38. The summed E-state index contributed by atoms with van der Waals surface area (Å²) in [6, 6.07) is 2.84. The summed E-state index contributed by atoms with van der Waals surface area (Å²) in [5.74, 6) is -2.75. The molecule has 2 aromatic rings. The Morgan fingerprint density at radius 2 is 2.00 bits per heavy atom. The molecule has 0 amide bonds. The SMILES string of the molecule is O=C(O)Cc1cc(=O)c2cc(F)cc(F)c2n1C1CC1. The van der Waals surface area contributed by atoms with Gasteiger partial charge in [-0.05, 0) is 18.9 Å². The minimum absolute atomic E-state index is 0.00218. The van der Waals surface area contributed by atoms with E-state index in [-0.39, 0.29) is 29.1 Å². The Labute approximate surface area is 112 Å². The lowest BCUT2D eigenvalue weighted by Gasteiger charge is -2.16. The monoisotopic (exact) mass is 279 g/mol. The molecule has 1 aromatic carbocycles. The molecule has 0 atom stereocenters. The Balaban J connectivity index is 2.39. The molecule has 0 unspecified atom stereocenters. The molecule has 1 fully saturated rings. The standard InChI is InChI=1S/C14H11F2NO3/c15-7-3-10-12(18)5-9(6-13(19)20)17(8-1-2-8)14(10)11(16)4-7/h3-5,8H,1-2,6H2,(H,19,20). The lowest BCUT2D eigenvalue weighted by Crippen LogP contribution is -2.17. The Kier molecular flexibility index (Phi) is 2.81. The Bertz CT molecular complexity index is 778. The average Bonchev–Trinajstić information content (AvgIpc) is 3.14. The molecule has 1 N–H and O–H groups in total. The van der Waals surface area contributed by atoms with Crippen LogP contribution in [0.4, 0.5) is 8.78 Å². The van der Waals surface area contributed by atoms with Crippen molar-refractivity contribution >= 4 is 16.9 Å². The van der Waals surface area contributed by atoms with Crippen LogP contribution in [0, 0.1) is 11.6 Å². The van der Waals surface area contributed by atoms with Crippen LogP contribution < -0.4 is 5.43 Å². The maximum atomic E-state index is 14.0. The summed E-state index contributed by atoms with van der Waals surface area (Å²) in [7, 11) is 0. The van der Waals surface area contributed by atoms with Gasteiger partial charge in [-0.15, -0.1) is 0 Å². The minimum atomic E-state index is -1.10. The molecule has 0 spiro atoms. The van der Waals surface area contributed by atoms with Crippen molar-refractivity contribution in [1.82, 2.24) is 4.57 Å². The summed E-state index contributed by atoms with van der Waals surface area (Å²) in [5, 5.41) is 8.85. The van der Waals surface area contributed by atoms with E-state index in [4.69, 9.17) is 5.11 Å². The summed E-state index contributed by atoms with van der Waals surface area (Å²) in [6.45, 7) is 0. The Hall–Kier alpha value is -2.24. The molecule has 6 heteroatoms. The van der Waals surface area contributed by atoms with Crippen LogP contribution >= 0.6 is 0 Å². The number of carboxylic acids is 1. The van der Waals surface area contributed by atoms with Crippen molar-refractivity contribution in [3.8, 4) is 0 Å². The van der Waals surface area contributed by atoms with Gasteiger partial charge in [0.1, 0.15) is 5.82 Å². The molecule has 1 aromatic heterocycles. The van der Waals surface area contributed by atoms with Crippen molar-refractivity contribution in [1.29, 1.82) is 0 Å². The number of nitrogens with zero attached hydrogens (tertiary/aromatic N) is 1. The summed E-state index contributed by atoms with van der Waals surface area (Å²) in [4.78, 5) is 22.8. The van der Waals surface area contributed by atoms with Gasteiger partial charge in [0.2, 0.25) is 0 Å². The van der Waals surface area contributed by atoms with Gasteiger partial charge in [0.15, 0.2) is 11.2 Å². The largest absolute Gasteiger partial charge is 0.481 e. The number of carboxylic acid groups (broad SMARTS) is 1. The normalized spacial score (nSPS) is 14.7. The predicted molar refractivity (Wildman–Crippen MR) is 67.7 cm³/mol. The number of aromatic nitrogens is 1. The van der Waals surface area contributed by atoms with Crippen molar-refractivity contribution in [2.24, 2.45) is 0 Å². The van der Waals surface area contributed by atoms with E-state index >= 15 is 0 Å². The van der Waals surface area contributed by atoms with Gasteiger partial charge in [-0.25, -0.2) is 8.78 Å². The maximum Gasteiger partial charge on any atom is 0.309 e. The third kappa shape index (κ3) is 2.07. The highest BCUT2D eigenvalue weighted by molar-refractivity contribution is 5.81. The zero-order valence-corrected chi connectivity index (χ0v) is 10.4. The zero-order chi connectivity index (χ0) is 14.4. The highest BCUT2D eigenvalue weighted by atomic mass is 19.1.